The number of rotatable bonds is 6. The van der Waals surface area contributed by atoms with Gasteiger partial charge in [0.2, 0.25) is 0 Å². The van der Waals surface area contributed by atoms with Crippen LogP contribution < -0.4 is 15.4 Å². The molecule has 3 rings (SSSR count). The molecule has 0 saturated heterocycles. The molecule has 0 bridgehead atoms. The summed E-state index contributed by atoms with van der Waals surface area (Å²) in [6, 6.07) is 15.3. The summed E-state index contributed by atoms with van der Waals surface area (Å²) in [5.74, 6) is 0.797. The van der Waals surface area contributed by atoms with Crippen molar-refractivity contribution in [2.75, 3.05) is 7.11 Å². The quantitative estimate of drug-likeness (QED) is 0.715. The standard InChI is InChI=1S/C20H22N4O2/c1-15(17-5-7-18(8-6-17)24-12-11-21-14-24)23-20(25)22-13-16-3-9-19(26-2)10-4-16/h3-12,14-15H,13H2,1-2H3,(H2,22,23,25)/t15-/m1/s1. The first-order valence-corrected chi connectivity index (χ1v) is 8.41. The van der Waals surface area contributed by atoms with Crippen molar-refractivity contribution in [3.63, 3.8) is 0 Å². The maximum atomic E-state index is 12.1. The van der Waals surface area contributed by atoms with Crippen LogP contribution in [0.2, 0.25) is 0 Å². The lowest BCUT2D eigenvalue weighted by atomic mass is 10.1. The smallest absolute Gasteiger partial charge is 0.315 e. The minimum absolute atomic E-state index is 0.0947. The number of carbonyl (C=O) groups excluding carboxylic acids is 1. The number of nitrogens with one attached hydrogen (secondary N) is 2. The Bertz CT molecular complexity index is 827. The van der Waals surface area contributed by atoms with Gasteiger partial charge in [0.05, 0.1) is 19.5 Å². The summed E-state index contributed by atoms with van der Waals surface area (Å²) >= 11 is 0. The average molecular weight is 350 g/mol. The van der Waals surface area contributed by atoms with Gasteiger partial charge in [0.1, 0.15) is 5.75 Å². The van der Waals surface area contributed by atoms with E-state index >= 15 is 0 Å². The molecule has 0 aliphatic heterocycles. The van der Waals surface area contributed by atoms with Gasteiger partial charge in [0, 0.05) is 24.6 Å². The molecule has 3 aromatic rings. The largest absolute Gasteiger partial charge is 0.497 e. The fourth-order valence-corrected chi connectivity index (χ4v) is 2.60. The van der Waals surface area contributed by atoms with Crippen molar-refractivity contribution in [2.24, 2.45) is 0 Å². The predicted octanol–water partition coefficient (Wildman–Crippen LogP) is 3.44. The van der Waals surface area contributed by atoms with Crippen molar-refractivity contribution in [1.29, 1.82) is 0 Å². The van der Waals surface area contributed by atoms with Gasteiger partial charge >= 0.3 is 6.03 Å². The molecule has 1 heterocycles. The van der Waals surface area contributed by atoms with E-state index in [1.807, 2.05) is 66.2 Å². The maximum Gasteiger partial charge on any atom is 0.315 e. The normalized spacial score (nSPS) is 11.6. The molecule has 2 amide bonds. The summed E-state index contributed by atoms with van der Waals surface area (Å²) in [7, 11) is 1.63. The molecule has 2 aromatic carbocycles. The van der Waals surface area contributed by atoms with E-state index in [0.717, 1.165) is 22.6 Å². The lowest BCUT2D eigenvalue weighted by molar-refractivity contribution is 0.237. The molecule has 1 aromatic heterocycles. The minimum atomic E-state index is -0.202. The van der Waals surface area contributed by atoms with E-state index in [1.54, 1.807) is 19.6 Å². The zero-order valence-electron chi connectivity index (χ0n) is 14.8. The third-order valence-electron chi connectivity index (χ3n) is 4.16. The van der Waals surface area contributed by atoms with E-state index in [-0.39, 0.29) is 12.1 Å². The molecule has 0 fully saturated rings. The van der Waals surface area contributed by atoms with Crippen molar-refractivity contribution in [2.45, 2.75) is 19.5 Å². The molecule has 0 aliphatic rings. The Morgan fingerprint density at radius 2 is 1.88 bits per heavy atom. The first-order chi connectivity index (χ1) is 12.7. The molecule has 2 N–H and O–H groups in total. The highest BCUT2D eigenvalue weighted by atomic mass is 16.5. The van der Waals surface area contributed by atoms with Crippen LogP contribution in [0.3, 0.4) is 0 Å². The Labute approximate surface area is 152 Å². The van der Waals surface area contributed by atoms with Crippen LogP contribution in [0.1, 0.15) is 24.1 Å². The van der Waals surface area contributed by atoms with Gasteiger partial charge in [-0.3, -0.25) is 0 Å². The molecular weight excluding hydrogens is 328 g/mol. The number of ether oxygens (including phenoxy) is 1. The molecule has 0 saturated carbocycles. The van der Waals surface area contributed by atoms with Gasteiger partial charge in [0.15, 0.2) is 0 Å². The van der Waals surface area contributed by atoms with Crippen LogP contribution in [0.4, 0.5) is 4.79 Å². The van der Waals surface area contributed by atoms with Crippen molar-refractivity contribution < 1.29 is 9.53 Å². The number of imidazole rings is 1. The maximum absolute atomic E-state index is 12.1. The zero-order valence-corrected chi connectivity index (χ0v) is 14.8. The van der Waals surface area contributed by atoms with Crippen LogP contribution in [0, 0.1) is 0 Å². The van der Waals surface area contributed by atoms with Crippen LogP contribution >= 0.6 is 0 Å². The van der Waals surface area contributed by atoms with Crippen LogP contribution in [-0.4, -0.2) is 22.7 Å². The summed E-state index contributed by atoms with van der Waals surface area (Å²) in [4.78, 5) is 16.2. The number of aromatic nitrogens is 2. The average Bonchev–Trinajstić information content (AvgIpc) is 3.21. The molecule has 0 spiro atoms. The molecule has 6 nitrogen and oxygen atoms in total. The number of carbonyl (C=O) groups is 1. The van der Waals surface area contributed by atoms with Crippen molar-refractivity contribution in [1.82, 2.24) is 20.2 Å². The Kier molecular flexibility index (Phi) is 5.53. The van der Waals surface area contributed by atoms with E-state index in [9.17, 15) is 4.79 Å². The van der Waals surface area contributed by atoms with Gasteiger partial charge in [-0.2, -0.15) is 0 Å². The first kappa shape index (κ1) is 17.5. The molecule has 0 aliphatic carbocycles. The topological polar surface area (TPSA) is 68.2 Å². The highest BCUT2D eigenvalue weighted by molar-refractivity contribution is 5.74. The second kappa shape index (κ2) is 8.20. The Morgan fingerprint density at radius 1 is 1.15 bits per heavy atom. The fraction of sp³-hybridized carbons (Fsp3) is 0.200. The molecule has 26 heavy (non-hydrogen) atoms. The monoisotopic (exact) mass is 350 g/mol. The number of hydrogen-bond donors (Lipinski definition) is 2. The van der Waals surface area contributed by atoms with Crippen molar-refractivity contribution in [3.05, 3.63) is 78.4 Å². The number of methoxy groups -OCH3 is 1. The highest BCUT2D eigenvalue weighted by Gasteiger charge is 2.09. The van der Waals surface area contributed by atoms with Gasteiger partial charge < -0.3 is 19.9 Å². The lowest BCUT2D eigenvalue weighted by Crippen LogP contribution is -2.36. The number of nitrogens with zero attached hydrogens (tertiary/aromatic N) is 2. The predicted molar refractivity (Wildman–Crippen MR) is 100 cm³/mol. The highest BCUT2D eigenvalue weighted by Crippen LogP contribution is 2.16. The third kappa shape index (κ3) is 4.42. The van der Waals surface area contributed by atoms with E-state index in [0.29, 0.717) is 6.54 Å². The fourth-order valence-electron chi connectivity index (χ4n) is 2.60. The lowest BCUT2D eigenvalue weighted by Gasteiger charge is -2.16. The number of benzene rings is 2. The Balaban J connectivity index is 1.51. The molecule has 0 unspecified atom stereocenters. The van der Waals surface area contributed by atoms with Gasteiger partial charge in [-0.25, -0.2) is 9.78 Å². The van der Waals surface area contributed by atoms with Crippen molar-refractivity contribution in [3.8, 4) is 11.4 Å². The van der Waals surface area contributed by atoms with Crippen LogP contribution in [0.15, 0.2) is 67.3 Å². The van der Waals surface area contributed by atoms with E-state index < -0.39 is 0 Å². The van der Waals surface area contributed by atoms with Gasteiger partial charge in [0.25, 0.3) is 0 Å². The van der Waals surface area contributed by atoms with Crippen LogP contribution in [0.5, 0.6) is 5.75 Å². The van der Waals surface area contributed by atoms with Gasteiger partial charge in [-0.15, -0.1) is 0 Å². The van der Waals surface area contributed by atoms with Crippen LogP contribution in [-0.2, 0) is 6.54 Å². The second-order valence-corrected chi connectivity index (χ2v) is 5.96. The summed E-state index contributed by atoms with van der Waals surface area (Å²) in [6.07, 6.45) is 5.39. The first-order valence-electron chi connectivity index (χ1n) is 8.41. The minimum Gasteiger partial charge on any atom is -0.497 e. The SMILES string of the molecule is COc1ccc(CNC(=O)N[C@H](C)c2ccc(-n3ccnc3)cc2)cc1. The Morgan fingerprint density at radius 3 is 2.50 bits per heavy atom. The van der Waals surface area contributed by atoms with Gasteiger partial charge in [-0.05, 0) is 42.3 Å². The molecule has 0 radical (unpaired) electrons. The van der Waals surface area contributed by atoms with Crippen LogP contribution in [0.25, 0.3) is 5.69 Å². The molecule has 134 valence electrons. The van der Waals surface area contributed by atoms with E-state index in [2.05, 4.69) is 15.6 Å². The third-order valence-corrected chi connectivity index (χ3v) is 4.16. The van der Waals surface area contributed by atoms with Crippen molar-refractivity contribution >= 4 is 6.03 Å². The van der Waals surface area contributed by atoms with E-state index in [4.69, 9.17) is 4.74 Å². The summed E-state index contributed by atoms with van der Waals surface area (Å²) in [5.41, 5.74) is 3.08. The number of urea groups is 1. The summed E-state index contributed by atoms with van der Waals surface area (Å²) in [6.45, 7) is 2.42. The molecule has 6 heteroatoms. The number of hydrogen-bond acceptors (Lipinski definition) is 3. The van der Waals surface area contributed by atoms with E-state index in [1.165, 1.54) is 0 Å². The molecule has 1 atom stereocenters. The van der Waals surface area contributed by atoms with Gasteiger partial charge in [-0.1, -0.05) is 24.3 Å². The summed E-state index contributed by atoms with van der Waals surface area (Å²) in [5, 5.41) is 5.82. The second-order valence-electron chi connectivity index (χ2n) is 5.96. The number of amides is 2. The Hall–Kier alpha value is -3.28. The zero-order chi connectivity index (χ0) is 18.4. The summed E-state index contributed by atoms with van der Waals surface area (Å²) < 4.78 is 7.06. The molecular formula is C20H22N4O2.